The van der Waals surface area contributed by atoms with Crippen molar-refractivity contribution < 1.29 is 32.7 Å². The van der Waals surface area contributed by atoms with E-state index in [-0.39, 0.29) is 16.4 Å². The number of esters is 2. The summed E-state index contributed by atoms with van der Waals surface area (Å²) in [6.45, 7) is 0. The molecule has 8 heteroatoms. The van der Waals surface area contributed by atoms with Crippen molar-refractivity contribution in [3.8, 4) is 0 Å². The highest BCUT2D eigenvalue weighted by Crippen LogP contribution is 2.46. The molecule has 0 saturated carbocycles. The molecule has 0 aliphatic heterocycles. The molecular formula is C12H15O7P. The highest BCUT2D eigenvalue weighted by Gasteiger charge is 2.31. The molecule has 0 N–H and O–H groups in total. The lowest BCUT2D eigenvalue weighted by molar-refractivity contribution is 0.0587. The Labute approximate surface area is 116 Å². The third-order valence-corrected chi connectivity index (χ3v) is 4.52. The summed E-state index contributed by atoms with van der Waals surface area (Å²) >= 11 is 0. The summed E-state index contributed by atoms with van der Waals surface area (Å²) in [6.07, 6.45) is 0. The Bertz CT molecular complexity index is 559. The number of benzene rings is 1. The normalized spacial score (nSPS) is 11.0. The number of ether oxygens (including phenoxy) is 2. The van der Waals surface area contributed by atoms with Gasteiger partial charge in [0.2, 0.25) is 0 Å². The molecule has 0 bridgehead atoms. The van der Waals surface area contributed by atoms with Gasteiger partial charge in [0, 0.05) is 14.2 Å². The predicted molar refractivity (Wildman–Crippen MR) is 70.4 cm³/mol. The van der Waals surface area contributed by atoms with Crippen molar-refractivity contribution in [1.29, 1.82) is 0 Å². The molecule has 0 aliphatic carbocycles. The standard InChI is InChI=1S/C12H15O7P/c1-16-11(13)8-5-6-9(12(14)17-2)10(7-8)20(15,18-3)19-4/h5-7H,1-4H3. The Balaban J connectivity index is 3.53. The molecule has 0 radical (unpaired) electrons. The SMILES string of the molecule is COC(=O)c1ccc(C(=O)OC)c(P(=O)(OC)OC)c1. The average molecular weight is 302 g/mol. The largest absolute Gasteiger partial charge is 0.465 e. The van der Waals surface area contributed by atoms with Crippen LogP contribution in [-0.4, -0.2) is 40.4 Å². The molecule has 0 unspecified atom stereocenters. The predicted octanol–water partition coefficient (Wildman–Crippen LogP) is 1.37. The van der Waals surface area contributed by atoms with Crippen molar-refractivity contribution in [3.63, 3.8) is 0 Å². The zero-order valence-electron chi connectivity index (χ0n) is 11.5. The lowest BCUT2D eigenvalue weighted by Crippen LogP contribution is -2.20. The minimum atomic E-state index is -3.72. The molecule has 0 aliphatic rings. The summed E-state index contributed by atoms with van der Waals surface area (Å²) in [6, 6.07) is 3.89. The Morgan fingerprint density at radius 2 is 1.50 bits per heavy atom. The maximum absolute atomic E-state index is 12.5. The second-order valence-corrected chi connectivity index (χ2v) is 5.78. The molecule has 0 heterocycles. The van der Waals surface area contributed by atoms with Gasteiger partial charge in [-0.25, -0.2) is 9.59 Å². The fourth-order valence-electron chi connectivity index (χ4n) is 1.56. The molecule has 1 rings (SSSR count). The first-order valence-electron chi connectivity index (χ1n) is 5.46. The summed E-state index contributed by atoms with van der Waals surface area (Å²) in [5, 5.41) is -0.0581. The molecule has 0 atom stereocenters. The van der Waals surface area contributed by atoms with Gasteiger partial charge in [-0.3, -0.25) is 4.57 Å². The van der Waals surface area contributed by atoms with Gasteiger partial charge in [-0.15, -0.1) is 0 Å². The first-order chi connectivity index (χ1) is 9.43. The quantitative estimate of drug-likeness (QED) is 0.599. The van der Waals surface area contributed by atoms with E-state index in [0.717, 1.165) is 0 Å². The monoisotopic (exact) mass is 302 g/mol. The van der Waals surface area contributed by atoms with Gasteiger partial charge in [0.15, 0.2) is 0 Å². The van der Waals surface area contributed by atoms with Crippen LogP contribution in [0.1, 0.15) is 20.7 Å². The van der Waals surface area contributed by atoms with Crippen molar-refractivity contribution >= 4 is 24.8 Å². The summed E-state index contributed by atoms with van der Waals surface area (Å²) < 4.78 is 31.3. The minimum absolute atomic E-state index is 0.00723. The van der Waals surface area contributed by atoms with Crippen LogP contribution in [0.5, 0.6) is 0 Å². The zero-order chi connectivity index (χ0) is 15.3. The number of rotatable bonds is 5. The van der Waals surface area contributed by atoms with Crippen LogP contribution in [0.15, 0.2) is 18.2 Å². The lowest BCUT2D eigenvalue weighted by Gasteiger charge is -2.17. The highest BCUT2D eigenvalue weighted by molar-refractivity contribution is 7.62. The van der Waals surface area contributed by atoms with E-state index in [0.29, 0.717) is 0 Å². The van der Waals surface area contributed by atoms with E-state index < -0.39 is 19.5 Å². The van der Waals surface area contributed by atoms with Gasteiger partial charge in [0.05, 0.1) is 30.7 Å². The Hall–Kier alpha value is -1.69. The van der Waals surface area contributed by atoms with Gasteiger partial charge in [-0.2, -0.15) is 0 Å². The van der Waals surface area contributed by atoms with Crippen molar-refractivity contribution in [2.24, 2.45) is 0 Å². The Kier molecular flexibility index (Phi) is 5.44. The third-order valence-electron chi connectivity index (χ3n) is 2.60. The summed E-state index contributed by atoms with van der Waals surface area (Å²) in [7, 11) is 1.03. The fraction of sp³-hybridized carbons (Fsp3) is 0.333. The van der Waals surface area contributed by atoms with E-state index in [2.05, 4.69) is 9.47 Å². The van der Waals surface area contributed by atoms with E-state index in [9.17, 15) is 14.2 Å². The topological polar surface area (TPSA) is 88.1 Å². The van der Waals surface area contributed by atoms with Gasteiger partial charge in [0.25, 0.3) is 0 Å². The molecule has 1 aromatic rings. The van der Waals surface area contributed by atoms with Crippen LogP contribution in [0.4, 0.5) is 0 Å². The minimum Gasteiger partial charge on any atom is -0.465 e. The highest BCUT2D eigenvalue weighted by atomic mass is 31.2. The first kappa shape index (κ1) is 16.4. The lowest BCUT2D eigenvalue weighted by atomic mass is 10.1. The Morgan fingerprint density at radius 3 is 1.95 bits per heavy atom. The van der Waals surface area contributed by atoms with Gasteiger partial charge >= 0.3 is 19.5 Å². The van der Waals surface area contributed by atoms with Crippen molar-refractivity contribution in [2.45, 2.75) is 0 Å². The van der Waals surface area contributed by atoms with Gasteiger partial charge in [-0.1, -0.05) is 0 Å². The number of carbonyl (C=O) groups excluding carboxylic acids is 2. The number of hydrogen-bond donors (Lipinski definition) is 0. The average Bonchev–Trinajstić information content (AvgIpc) is 2.51. The molecule has 110 valence electrons. The number of methoxy groups -OCH3 is 2. The van der Waals surface area contributed by atoms with Crippen LogP contribution in [0, 0.1) is 0 Å². The maximum Gasteiger partial charge on any atom is 0.361 e. The van der Waals surface area contributed by atoms with Crippen LogP contribution in [-0.2, 0) is 23.1 Å². The molecule has 0 spiro atoms. The molecular weight excluding hydrogens is 287 g/mol. The fourth-order valence-corrected chi connectivity index (χ4v) is 2.86. The molecule has 0 aromatic heterocycles. The van der Waals surface area contributed by atoms with Crippen LogP contribution in [0.2, 0.25) is 0 Å². The van der Waals surface area contributed by atoms with Crippen molar-refractivity contribution in [1.82, 2.24) is 0 Å². The van der Waals surface area contributed by atoms with Crippen LogP contribution >= 0.6 is 7.60 Å². The molecule has 1 aromatic carbocycles. The zero-order valence-corrected chi connectivity index (χ0v) is 12.4. The van der Waals surface area contributed by atoms with E-state index >= 15 is 0 Å². The number of hydrogen-bond acceptors (Lipinski definition) is 7. The second kappa shape index (κ2) is 6.65. The van der Waals surface area contributed by atoms with Crippen LogP contribution in [0.25, 0.3) is 0 Å². The van der Waals surface area contributed by atoms with Crippen molar-refractivity contribution in [2.75, 3.05) is 28.4 Å². The molecule has 0 saturated heterocycles. The smallest absolute Gasteiger partial charge is 0.361 e. The van der Waals surface area contributed by atoms with E-state index in [1.165, 1.54) is 46.6 Å². The summed E-state index contributed by atoms with van der Waals surface area (Å²) in [4.78, 5) is 23.2. The van der Waals surface area contributed by atoms with Crippen LogP contribution in [0.3, 0.4) is 0 Å². The van der Waals surface area contributed by atoms with Gasteiger partial charge < -0.3 is 18.5 Å². The summed E-state index contributed by atoms with van der Waals surface area (Å²) in [5.41, 5.74) is 0.108. The maximum atomic E-state index is 12.5. The van der Waals surface area contributed by atoms with Crippen LogP contribution < -0.4 is 5.30 Å². The summed E-state index contributed by atoms with van der Waals surface area (Å²) in [5.74, 6) is -1.35. The first-order valence-corrected chi connectivity index (χ1v) is 7.00. The van der Waals surface area contributed by atoms with Gasteiger partial charge in [-0.05, 0) is 18.2 Å². The third kappa shape index (κ3) is 3.07. The molecule has 7 nitrogen and oxygen atoms in total. The van der Waals surface area contributed by atoms with Gasteiger partial charge in [0.1, 0.15) is 0 Å². The second-order valence-electron chi connectivity index (χ2n) is 3.58. The van der Waals surface area contributed by atoms with E-state index in [1.807, 2.05) is 0 Å². The molecule has 20 heavy (non-hydrogen) atoms. The van der Waals surface area contributed by atoms with E-state index in [4.69, 9.17) is 9.05 Å². The Morgan fingerprint density at radius 1 is 0.950 bits per heavy atom. The molecule has 0 fully saturated rings. The van der Waals surface area contributed by atoms with Crippen molar-refractivity contribution in [3.05, 3.63) is 29.3 Å². The molecule has 0 amide bonds. The number of carbonyl (C=O) groups is 2. The van der Waals surface area contributed by atoms with E-state index in [1.54, 1.807) is 0 Å².